The van der Waals surface area contributed by atoms with Crippen molar-refractivity contribution in [2.75, 3.05) is 33.9 Å². The van der Waals surface area contributed by atoms with E-state index in [1.807, 2.05) is 0 Å². The Morgan fingerprint density at radius 3 is 2.50 bits per heavy atom. The van der Waals surface area contributed by atoms with Crippen LogP contribution in [0.5, 0.6) is 11.5 Å². The topological polar surface area (TPSA) is 77.1 Å². The molecule has 1 aromatic rings. The van der Waals surface area contributed by atoms with Gasteiger partial charge in [-0.1, -0.05) is 0 Å². The van der Waals surface area contributed by atoms with Crippen molar-refractivity contribution in [3.8, 4) is 11.5 Å². The van der Waals surface area contributed by atoms with E-state index in [-0.39, 0.29) is 18.0 Å². The quantitative estimate of drug-likeness (QED) is 0.890. The van der Waals surface area contributed by atoms with Gasteiger partial charge in [-0.15, -0.1) is 0 Å². The lowest BCUT2D eigenvalue weighted by molar-refractivity contribution is 0.0858. The van der Waals surface area contributed by atoms with E-state index in [9.17, 15) is 9.59 Å². The Bertz CT molecular complexity index is 582. The Kier molecular flexibility index (Phi) is 6.28. The molecule has 1 aliphatic heterocycles. The summed E-state index contributed by atoms with van der Waals surface area (Å²) in [6, 6.07) is 5.12. The van der Waals surface area contributed by atoms with Crippen molar-refractivity contribution >= 4 is 12.0 Å². The highest BCUT2D eigenvalue weighted by Crippen LogP contribution is 2.24. The molecule has 1 N–H and O–H groups in total. The van der Waals surface area contributed by atoms with Crippen molar-refractivity contribution < 1.29 is 23.8 Å². The van der Waals surface area contributed by atoms with Crippen LogP contribution in [-0.4, -0.2) is 56.9 Å². The van der Waals surface area contributed by atoms with Crippen molar-refractivity contribution in [2.24, 2.45) is 0 Å². The van der Waals surface area contributed by atoms with Gasteiger partial charge in [-0.3, -0.25) is 4.79 Å². The highest BCUT2D eigenvalue weighted by Gasteiger charge is 2.25. The third-order valence-electron chi connectivity index (χ3n) is 4.01. The van der Waals surface area contributed by atoms with Gasteiger partial charge in [-0.05, 0) is 38.0 Å². The summed E-state index contributed by atoms with van der Waals surface area (Å²) >= 11 is 0. The van der Waals surface area contributed by atoms with Gasteiger partial charge in [0.2, 0.25) is 0 Å². The standard InChI is InChI=1S/C17H24N2O5/c1-4-24-17(21)19-9-7-12(8-10-19)18-16(20)14-11-13(22-2)5-6-15(14)23-3/h5-6,11-12H,4,7-10H2,1-3H3,(H,18,20). The number of hydrogen-bond acceptors (Lipinski definition) is 5. The minimum absolute atomic E-state index is 0.0130. The summed E-state index contributed by atoms with van der Waals surface area (Å²) in [5, 5.41) is 3.00. The zero-order valence-corrected chi connectivity index (χ0v) is 14.3. The maximum absolute atomic E-state index is 12.5. The number of methoxy groups -OCH3 is 2. The van der Waals surface area contributed by atoms with Crippen LogP contribution in [0, 0.1) is 0 Å². The van der Waals surface area contributed by atoms with Crippen LogP contribution in [0.3, 0.4) is 0 Å². The van der Waals surface area contributed by atoms with E-state index < -0.39 is 0 Å². The van der Waals surface area contributed by atoms with Crippen LogP contribution < -0.4 is 14.8 Å². The number of rotatable bonds is 5. The summed E-state index contributed by atoms with van der Waals surface area (Å²) in [7, 11) is 3.07. The molecule has 7 nitrogen and oxygen atoms in total. The number of hydrogen-bond donors (Lipinski definition) is 1. The zero-order valence-electron chi connectivity index (χ0n) is 14.3. The molecule has 0 unspecified atom stereocenters. The van der Waals surface area contributed by atoms with E-state index in [1.54, 1.807) is 37.1 Å². The molecule has 1 saturated heterocycles. The molecular formula is C17H24N2O5. The average Bonchev–Trinajstić information content (AvgIpc) is 2.61. The van der Waals surface area contributed by atoms with E-state index >= 15 is 0 Å². The van der Waals surface area contributed by atoms with Crippen molar-refractivity contribution in [3.05, 3.63) is 23.8 Å². The molecule has 0 aliphatic carbocycles. The number of nitrogens with zero attached hydrogens (tertiary/aromatic N) is 1. The molecule has 2 rings (SSSR count). The van der Waals surface area contributed by atoms with Crippen molar-refractivity contribution in [3.63, 3.8) is 0 Å². The van der Waals surface area contributed by atoms with Gasteiger partial charge in [-0.25, -0.2) is 4.79 Å². The van der Waals surface area contributed by atoms with E-state index in [2.05, 4.69) is 5.32 Å². The van der Waals surface area contributed by atoms with E-state index in [0.717, 1.165) is 0 Å². The predicted octanol–water partition coefficient (Wildman–Crippen LogP) is 2.05. The fourth-order valence-corrected chi connectivity index (χ4v) is 2.68. The lowest BCUT2D eigenvalue weighted by Crippen LogP contribution is -2.46. The first-order valence-corrected chi connectivity index (χ1v) is 8.03. The van der Waals surface area contributed by atoms with E-state index in [4.69, 9.17) is 14.2 Å². The number of benzene rings is 1. The lowest BCUT2D eigenvalue weighted by Gasteiger charge is -2.31. The smallest absolute Gasteiger partial charge is 0.409 e. The molecule has 0 bridgehead atoms. The van der Waals surface area contributed by atoms with Crippen LogP contribution in [0.1, 0.15) is 30.1 Å². The first-order chi connectivity index (χ1) is 11.6. The highest BCUT2D eigenvalue weighted by atomic mass is 16.6. The van der Waals surface area contributed by atoms with Crippen LogP contribution in [0.2, 0.25) is 0 Å². The van der Waals surface area contributed by atoms with Gasteiger partial charge in [0.15, 0.2) is 0 Å². The molecule has 24 heavy (non-hydrogen) atoms. The summed E-state index contributed by atoms with van der Waals surface area (Å²) in [5.74, 6) is 0.885. The Labute approximate surface area is 141 Å². The molecule has 1 aromatic carbocycles. The van der Waals surface area contributed by atoms with Gasteiger partial charge in [0, 0.05) is 19.1 Å². The number of piperidine rings is 1. The van der Waals surface area contributed by atoms with Crippen LogP contribution in [0.25, 0.3) is 0 Å². The number of ether oxygens (including phenoxy) is 3. The molecule has 0 aromatic heterocycles. The predicted molar refractivity (Wildman–Crippen MR) is 88.6 cm³/mol. The number of nitrogens with one attached hydrogen (secondary N) is 1. The lowest BCUT2D eigenvalue weighted by atomic mass is 10.0. The van der Waals surface area contributed by atoms with Crippen molar-refractivity contribution in [2.45, 2.75) is 25.8 Å². The van der Waals surface area contributed by atoms with Crippen molar-refractivity contribution in [1.29, 1.82) is 0 Å². The molecular weight excluding hydrogens is 312 g/mol. The highest BCUT2D eigenvalue weighted by molar-refractivity contribution is 5.97. The molecule has 132 valence electrons. The fraction of sp³-hybridized carbons (Fsp3) is 0.529. The van der Waals surface area contributed by atoms with E-state index in [1.165, 1.54) is 7.11 Å². The maximum Gasteiger partial charge on any atom is 0.409 e. The van der Waals surface area contributed by atoms with Gasteiger partial charge in [0.1, 0.15) is 11.5 Å². The van der Waals surface area contributed by atoms with Crippen LogP contribution >= 0.6 is 0 Å². The van der Waals surface area contributed by atoms with Gasteiger partial charge in [0.05, 0.1) is 26.4 Å². The molecule has 0 radical (unpaired) electrons. The largest absolute Gasteiger partial charge is 0.497 e. The molecule has 0 atom stereocenters. The molecule has 1 aliphatic rings. The molecule has 7 heteroatoms. The van der Waals surface area contributed by atoms with E-state index in [0.29, 0.717) is 49.6 Å². The molecule has 0 spiro atoms. The summed E-state index contributed by atoms with van der Waals surface area (Å²) < 4.78 is 15.4. The summed E-state index contributed by atoms with van der Waals surface area (Å²) in [5.41, 5.74) is 0.435. The van der Waals surface area contributed by atoms with Crippen LogP contribution in [0.4, 0.5) is 4.79 Å². The van der Waals surface area contributed by atoms with Gasteiger partial charge >= 0.3 is 6.09 Å². The second kappa shape index (κ2) is 8.42. The number of carbonyl (C=O) groups excluding carboxylic acids is 2. The first kappa shape index (κ1) is 17.9. The Hall–Kier alpha value is -2.44. The number of carbonyl (C=O) groups is 2. The SMILES string of the molecule is CCOC(=O)N1CCC(NC(=O)c2cc(OC)ccc2OC)CC1. The zero-order chi connectivity index (χ0) is 17.5. The third kappa shape index (κ3) is 4.31. The Balaban J connectivity index is 1.95. The van der Waals surface area contributed by atoms with Crippen LogP contribution in [-0.2, 0) is 4.74 Å². The minimum atomic E-state index is -0.295. The van der Waals surface area contributed by atoms with Gasteiger partial charge < -0.3 is 24.4 Å². The fourth-order valence-electron chi connectivity index (χ4n) is 2.68. The summed E-state index contributed by atoms with van der Waals surface area (Å²) in [4.78, 5) is 25.9. The molecule has 0 saturated carbocycles. The number of amides is 2. The Morgan fingerprint density at radius 2 is 1.92 bits per heavy atom. The molecule has 2 amide bonds. The van der Waals surface area contributed by atoms with Gasteiger partial charge in [-0.2, -0.15) is 0 Å². The first-order valence-electron chi connectivity index (χ1n) is 8.03. The van der Waals surface area contributed by atoms with Crippen LogP contribution in [0.15, 0.2) is 18.2 Å². The minimum Gasteiger partial charge on any atom is -0.497 e. The summed E-state index contributed by atoms with van der Waals surface area (Å²) in [6.45, 7) is 3.29. The third-order valence-corrected chi connectivity index (χ3v) is 4.01. The molecule has 1 heterocycles. The second-order valence-electron chi connectivity index (χ2n) is 5.50. The Morgan fingerprint density at radius 1 is 1.21 bits per heavy atom. The monoisotopic (exact) mass is 336 g/mol. The normalized spacial score (nSPS) is 14.9. The van der Waals surface area contributed by atoms with Crippen molar-refractivity contribution in [1.82, 2.24) is 10.2 Å². The second-order valence-corrected chi connectivity index (χ2v) is 5.50. The molecule has 1 fully saturated rings. The summed E-state index contributed by atoms with van der Waals surface area (Å²) in [6.07, 6.45) is 1.09. The maximum atomic E-state index is 12.5. The number of likely N-dealkylation sites (tertiary alicyclic amines) is 1. The average molecular weight is 336 g/mol. The van der Waals surface area contributed by atoms with Gasteiger partial charge in [0.25, 0.3) is 5.91 Å².